The van der Waals surface area contributed by atoms with Crippen LogP contribution in [0.3, 0.4) is 0 Å². The molecule has 0 unspecified atom stereocenters. The van der Waals surface area contributed by atoms with E-state index in [0.29, 0.717) is 45.6 Å². The molecule has 1 aliphatic rings. The van der Waals surface area contributed by atoms with Crippen LogP contribution in [0.1, 0.15) is 17.5 Å². The lowest BCUT2D eigenvalue weighted by Gasteiger charge is -2.32. The van der Waals surface area contributed by atoms with E-state index in [1.165, 1.54) is 0 Å². The lowest BCUT2D eigenvalue weighted by molar-refractivity contribution is 0.145. The van der Waals surface area contributed by atoms with E-state index in [1.54, 1.807) is 20.4 Å². The van der Waals surface area contributed by atoms with Crippen molar-refractivity contribution >= 4 is 56.5 Å². The van der Waals surface area contributed by atoms with Crippen molar-refractivity contribution in [3.05, 3.63) is 46.6 Å². The second-order valence-electron chi connectivity index (χ2n) is 8.93. The van der Waals surface area contributed by atoms with Crippen molar-refractivity contribution in [2.45, 2.75) is 10.8 Å². The number of hydrogen-bond acceptors (Lipinski definition) is 8. The molecular formula is C27H31ClIN5O3. The molecule has 1 aliphatic heterocycles. The minimum absolute atomic E-state index is 0.392. The molecule has 0 spiro atoms. The van der Waals surface area contributed by atoms with Crippen molar-refractivity contribution in [1.82, 2.24) is 14.8 Å². The fourth-order valence-corrected chi connectivity index (χ4v) is 5.18. The number of aromatic nitrogens is 1. The standard InChI is InChI=1S/C27H31ClIN5O3/c1-33-6-8-34(9-7-33)5-4-10-37-26-13-22-20(12-25(26)36-3)27(19(16-30)17-31-22)32-23-14-24(35-2)18(15-29)11-21(23)28/h11-14,17H,4-10,15H2,1-3H3,(H,31,32). The minimum Gasteiger partial charge on any atom is -0.496 e. The van der Waals surface area contributed by atoms with Gasteiger partial charge in [-0.2, -0.15) is 5.26 Å². The zero-order chi connectivity index (χ0) is 26.4. The van der Waals surface area contributed by atoms with Crippen LogP contribution in [-0.2, 0) is 4.43 Å². The van der Waals surface area contributed by atoms with Gasteiger partial charge in [-0.1, -0.05) is 34.2 Å². The summed E-state index contributed by atoms with van der Waals surface area (Å²) in [7, 11) is 5.40. The van der Waals surface area contributed by atoms with Crippen molar-refractivity contribution in [2.75, 3.05) is 65.9 Å². The van der Waals surface area contributed by atoms with Crippen LogP contribution in [0, 0.1) is 11.3 Å². The Balaban J connectivity index is 1.58. The van der Waals surface area contributed by atoms with E-state index in [9.17, 15) is 5.26 Å². The Bertz CT molecular complexity index is 1290. The van der Waals surface area contributed by atoms with Crippen LogP contribution in [0.2, 0.25) is 5.02 Å². The molecular weight excluding hydrogens is 605 g/mol. The van der Waals surface area contributed by atoms with Crippen molar-refractivity contribution in [3.63, 3.8) is 0 Å². The van der Waals surface area contributed by atoms with Crippen molar-refractivity contribution in [1.29, 1.82) is 5.26 Å². The maximum atomic E-state index is 9.80. The Morgan fingerprint density at radius 3 is 2.51 bits per heavy atom. The van der Waals surface area contributed by atoms with Crippen LogP contribution in [0.4, 0.5) is 11.4 Å². The highest BCUT2D eigenvalue weighted by Gasteiger charge is 2.17. The Kier molecular flexibility index (Phi) is 9.54. The molecule has 3 aromatic rings. The van der Waals surface area contributed by atoms with E-state index < -0.39 is 0 Å². The van der Waals surface area contributed by atoms with Gasteiger partial charge in [-0.05, 0) is 25.6 Å². The summed E-state index contributed by atoms with van der Waals surface area (Å²) in [6, 6.07) is 9.66. The molecule has 1 saturated heterocycles. The van der Waals surface area contributed by atoms with Gasteiger partial charge in [0.2, 0.25) is 0 Å². The van der Waals surface area contributed by atoms with Gasteiger partial charge in [-0.15, -0.1) is 0 Å². The summed E-state index contributed by atoms with van der Waals surface area (Å²) < 4.78 is 18.1. The van der Waals surface area contributed by atoms with Gasteiger partial charge >= 0.3 is 0 Å². The maximum absolute atomic E-state index is 9.80. The zero-order valence-corrected chi connectivity index (χ0v) is 24.2. The van der Waals surface area contributed by atoms with Gasteiger partial charge in [-0.3, -0.25) is 4.98 Å². The molecule has 1 fully saturated rings. The van der Waals surface area contributed by atoms with Crippen molar-refractivity contribution < 1.29 is 14.2 Å². The number of nitrogens with zero attached hydrogens (tertiary/aromatic N) is 4. The van der Waals surface area contributed by atoms with E-state index in [2.05, 4.69) is 55.8 Å². The molecule has 1 aromatic heterocycles. The quantitative estimate of drug-likeness (QED) is 0.178. The number of ether oxygens (including phenoxy) is 3. The van der Waals surface area contributed by atoms with Crippen LogP contribution in [-0.4, -0.2) is 75.4 Å². The molecule has 0 bridgehead atoms. The number of methoxy groups -OCH3 is 2. The number of rotatable bonds is 10. The molecule has 0 aliphatic carbocycles. The number of benzene rings is 2. The van der Waals surface area contributed by atoms with E-state index in [4.69, 9.17) is 25.8 Å². The normalized spacial score (nSPS) is 14.4. The highest BCUT2D eigenvalue weighted by atomic mass is 127. The van der Waals surface area contributed by atoms with Gasteiger partial charge in [-0.25, -0.2) is 0 Å². The molecule has 0 amide bonds. The number of piperazine rings is 1. The number of nitriles is 1. The largest absolute Gasteiger partial charge is 0.496 e. The van der Waals surface area contributed by atoms with Crippen LogP contribution in [0.15, 0.2) is 30.5 Å². The molecule has 0 saturated carbocycles. The summed E-state index contributed by atoms with van der Waals surface area (Å²) >= 11 is 8.85. The van der Waals surface area contributed by atoms with Crippen LogP contribution < -0.4 is 19.5 Å². The molecule has 4 rings (SSSR count). The van der Waals surface area contributed by atoms with Gasteiger partial charge in [0, 0.05) is 66.4 Å². The lowest BCUT2D eigenvalue weighted by atomic mass is 10.1. The molecule has 0 radical (unpaired) electrons. The second kappa shape index (κ2) is 12.8. The molecule has 0 atom stereocenters. The number of pyridine rings is 1. The minimum atomic E-state index is 0.392. The third-order valence-electron chi connectivity index (χ3n) is 6.52. The molecule has 2 aromatic carbocycles. The van der Waals surface area contributed by atoms with Gasteiger partial charge < -0.3 is 29.3 Å². The highest BCUT2D eigenvalue weighted by molar-refractivity contribution is 14.1. The van der Waals surface area contributed by atoms with Crippen LogP contribution >= 0.6 is 34.2 Å². The zero-order valence-electron chi connectivity index (χ0n) is 21.3. The highest BCUT2D eigenvalue weighted by Crippen LogP contribution is 2.40. The fourth-order valence-electron chi connectivity index (χ4n) is 4.35. The topological polar surface area (TPSA) is 82.9 Å². The molecule has 8 nitrogen and oxygen atoms in total. The fraction of sp³-hybridized carbons (Fsp3) is 0.407. The average molecular weight is 636 g/mol. The Hall–Kier alpha value is -2.52. The third-order valence-corrected chi connectivity index (χ3v) is 7.65. The van der Waals surface area contributed by atoms with Gasteiger partial charge in [0.05, 0.1) is 48.3 Å². The van der Waals surface area contributed by atoms with Crippen LogP contribution in [0.5, 0.6) is 17.2 Å². The summed E-state index contributed by atoms with van der Waals surface area (Å²) in [6.07, 6.45) is 2.48. The Morgan fingerprint density at radius 2 is 1.84 bits per heavy atom. The summed E-state index contributed by atoms with van der Waals surface area (Å²) in [6.45, 7) is 5.97. The number of nitrogens with one attached hydrogen (secondary N) is 1. The first-order chi connectivity index (χ1) is 18.0. The second-order valence-corrected chi connectivity index (χ2v) is 10.1. The predicted molar refractivity (Wildman–Crippen MR) is 156 cm³/mol. The summed E-state index contributed by atoms with van der Waals surface area (Å²) in [5, 5.41) is 14.4. The first-order valence-corrected chi connectivity index (χ1v) is 14.0. The number of hydrogen-bond donors (Lipinski definition) is 1. The number of anilines is 2. The first-order valence-electron chi connectivity index (χ1n) is 12.1. The first kappa shape index (κ1) is 27.5. The van der Waals surface area contributed by atoms with Gasteiger partial charge in [0.1, 0.15) is 11.8 Å². The third kappa shape index (κ3) is 6.49. The molecule has 196 valence electrons. The molecule has 2 heterocycles. The van der Waals surface area contributed by atoms with Gasteiger partial charge in [0.15, 0.2) is 11.5 Å². The van der Waals surface area contributed by atoms with Gasteiger partial charge in [0.25, 0.3) is 0 Å². The summed E-state index contributed by atoms with van der Waals surface area (Å²) in [5.41, 5.74) is 3.31. The van der Waals surface area contributed by atoms with E-state index in [1.807, 2.05) is 24.3 Å². The summed E-state index contributed by atoms with van der Waals surface area (Å²) in [5.74, 6) is 1.93. The summed E-state index contributed by atoms with van der Waals surface area (Å²) in [4.78, 5) is 9.33. The van der Waals surface area contributed by atoms with Crippen LogP contribution in [0.25, 0.3) is 10.9 Å². The van der Waals surface area contributed by atoms with Crippen molar-refractivity contribution in [3.8, 4) is 23.3 Å². The van der Waals surface area contributed by atoms with E-state index in [-0.39, 0.29) is 0 Å². The van der Waals surface area contributed by atoms with E-state index >= 15 is 0 Å². The predicted octanol–water partition coefficient (Wildman–Crippen LogP) is 5.47. The maximum Gasteiger partial charge on any atom is 0.163 e. The lowest BCUT2D eigenvalue weighted by Crippen LogP contribution is -2.44. The number of alkyl halides is 1. The Labute approximate surface area is 236 Å². The van der Waals surface area contributed by atoms with Crippen molar-refractivity contribution in [2.24, 2.45) is 0 Å². The Morgan fingerprint density at radius 1 is 1.08 bits per heavy atom. The number of halogens is 2. The molecule has 1 N–H and O–H groups in total. The SMILES string of the molecule is COc1cc(Nc2c(C#N)cnc3cc(OCCCN4CCN(C)CC4)c(OC)cc23)c(Cl)cc1CI. The average Bonchev–Trinajstić information content (AvgIpc) is 2.92. The molecule has 37 heavy (non-hydrogen) atoms. The molecule has 10 heteroatoms. The van der Waals surface area contributed by atoms with E-state index in [0.717, 1.165) is 60.3 Å². The smallest absolute Gasteiger partial charge is 0.163 e. The monoisotopic (exact) mass is 635 g/mol. The number of likely N-dealkylation sites (N-methyl/N-ethyl adjacent to an activating group) is 1. The number of fused-ring (bicyclic) bond motifs is 1.